The molecule has 0 fully saturated rings. The average Bonchev–Trinajstić information content (AvgIpc) is 1.97. The van der Waals surface area contributed by atoms with Gasteiger partial charge in [0.1, 0.15) is 0 Å². The van der Waals surface area contributed by atoms with Crippen molar-refractivity contribution in [3.8, 4) is 0 Å². The predicted molar refractivity (Wildman–Crippen MR) is 52.2 cm³/mol. The second-order valence-electron chi connectivity index (χ2n) is 4.60. The highest BCUT2D eigenvalue weighted by Gasteiger charge is 2.21. The summed E-state index contributed by atoms with van der Waals surface area (Å²) in [5.74, 6) is 0.0716. The minimum atomic E-state index is -0.376. The van der Waals surface area contributed by atoms with Gasteiger partial charge in [-0.1, -0.05) is 6.92 Å². The molecule has 0 amide bonds. The zero-order chi connectivity index (χ0) is 10.6. The van der Waals surface area contributed by atoms with E-state index in [2.05, 4.69) is 0 Å². The summed E-state index contributed by atoms with van der Waals surface area (Å²) in [6, 6.07) is 0. The fourth-order valence-electron chi connectivity index (χ4n) is 0.700. The lowest BCUT2D eigenvalue weighted by atomic mass is 10.0. The van der Waals surface area contributed by atoms with Crippen molar-refractivity contribution in [1.29, 1.82) is 0 Å². The summed E-state index contributed by atoms with van der Waals surface area (Å²) in [7, 11) is 0. The molecule has 80 valence electrons. The maximum atomic E-state index is 9.29. The van der Waals surface area contributed by atoms with Crippen molar-refractivity contribution in [2.75, 3.05) is 0 Å². The molecule has 0 aliphatic carbocycles. The SMILES string of the molecule is CC(O)C(C)C(C)OOC(C)(C)C. The molecule has 3 heteroatoms. The van der Waals surface area contributed by atoms with Gasteiger partial charge in [0.15, 0.2) is 0 Å². The van der Waals surface area contributed by atoms with E-state index in [1.165, 1.54) is 0 Å². The van der Waals surface area contributed by atoms with Crippen molar-refractivity contribution in [1.82, 2.24) is 0 Å². The Hall–Kier alpha value is -0.120. The molecule has 0 aromatic heterocycles. The van der Waals surface area contributed by atoms with Gasteiger partial charge in [-0.3, -0.25) is 0 Å². The van der Waals surface area contributed by atoms with Crippen LogP contribution in [0.1, 0.15) is 41.5 Å². The second-order valence-corrected chi connectivity index (χ2v) is 4.60. The van der Waals surface area contributed by atoms with Crippen LogP contribution in [0, 0.1) is 5.92 Å². The maximum Gasteiger partial charge on any atom is 0.0952 e. The first kappa shape index (κ1) is 12.9. The molecule has 0 saturated carbocycles. The van der Waals surface area contributed by atoms with Gasteiger partial charge < -0.3 is 5.11 Å². The van der Waals surface area contributed by atoms with E-state index in [1.54, 1.807) is 6.92 Å². The second kappa shape index (κ2) is 4.94. The summed E-state index contributed by atoms with van der Waals surface area (Å²) >= 11 is 0. The Morgan fingerprint density at radius 1 is 1.08 bits per heavy atom. The Morgan fingerprint density at radius 3 is 1.85 bits per heavy atom. The van der Waals surface area contributed by atoms with Gasteiger partial charge in [-0.15, -0.1) is 0 Å². The molecular weight excluding hydrogens is 168 g/mol. The topological polar surface area (TPSA) is 38.7 Å². The summed E-state index contributed by atoms with van der Waals surface area (Å²) in [6.07, 6.45) is -0.474. The molecule has 0 aliphatic heterocycles. The van der Waals surface area contributed by atoms with Crippen LogP contribution in [0.15, 0.2) is 0 Å². The molecule has 0 aromatic rings. The van der Waals surface area contributed by atoms with E-state index in [4.69, 9.17) is 9.78 Å². The molecule has 0 aromatic carbocycles. The van der Waals surface area contributed by atoms with Gasteiger partial charge in [0.25, 0.3) is 0 Å². The van der Waals surface area contributed by atoms with E-state index in [0.29, 0.717) is 0 Å². The first-order chi connectivity index (χ1) is 5.74. The maximum absolute atomic E-state index is 9.29. The van der Waals surface area contributed by atoms with Crippen molar-refractivity contribution in [2.24, 2.45) is 5.92 Å². The van der Waals surface area contributed by atoms with Crippen LogP contribution in [-0.2, 0) is 9.78 Å². The van der Waals surface area contributed by atoms with Crippen molar-refractivity contribution >= 4 is 0 Å². The van der Waals surface area contributed by atoms with Gasteiger partial charge in [0, 0.05) is 5.92 Å². The Bertz CT molecular complexity index is 138. The standard InChI is InChI=1S/C10H22O3/c1-7(8(2)11)9(3)12-13-10(4,5)6/h7-9,11H,1-6H3. The summed E-state index contributed by atoms with van der Waals surface area (Å²) < 4.78 is 0. The first-order valence-electron chi connectivity index (χ1n) is 4.76. The van der Waals surface area contributed by atoms with Gasteiger partial charge >= 0.3 is 0 Å². The van der Waals surface area contributed by atoms with E-state index in [1.807, 2.05) is 34.6 Å². The Morgan fingerprint density at radius 2 is 1.54 bits per heavy atom. The minimum absolute atomic E-state index is 0.0716. The molecular formula is C10H22O3. The molecule has 0 rings (SSSR count). The fraction of sp³-hybridized carbons (Fsp3) is 1.00. The Labute approximate surface area is 81.0 Å². The summed E-state index contributed by atoms with van der Waals surface area (Å²) in [5, 5.41) is 9.29. The third-order valence-corrected chi connectivity index (χ3v) is 1.95. The molecule has 0 heterocycles. The van der Waals surface area contributed by atoms with Gasteiger partial charge in [-0.25, -0.2) is 9.78 Å². The van der Waals surface area contributed by atoms with Crippen molar-refractivity contribution in [2.45, 2.75) is 59.4 Å². The number of aliphatic hydroxyl groups excluding tert-OH is 1. The normalized spacial score (nSPS) is 19.6. The Kier molecular flexibility index (Phi) is 4.89. The molecule has 13 heavy (non-hydrogen) atoms. The molecule has 0 radical (unpaired) electrons. The van der Waals surface area contributed by atoms with Crippen molar-refractivity contribution in [3.05, 3.63) is 0 Å². The van der Waals surface area contributed by atoms with Crippen LogP contribution in [0.4, 0.5) is 0 Å². The van der Waals surface area contributed by atoms with Gasteiger partial charge in [-0.05, 0) is 34.6 Å². The highest BCUT2D eigenvalue weighted by atomic mass is 17.2. The molecule has 0 aliphatic rings. The van der Waals surface area contributed by atoms with Crippen molar-refractivity contribution in [3.63, 3.8) is 0 Å². The van der Waals surface area contributed by atoms with E-state index in [9.17, 15) is 5.11 Å². The Balaban J connectivity index is 3.81. The van der Waals surface area contributed by atoms with Crippen LogP contribution in [-0.4, -0.2) is 22.9 Å². The minimum Gasteiger partial charge on any atom is -0.393 e. The number of rotatable bonds is 4. The third kappa shape index (κ3) is 6.02. The van der Waals surface area contributed by atoms with E-state index in [-0.39, 0.29) is 23.7 Å². The van der Waals surface area contributed by atoms with E-state index >= 15 is 0 Å². The summed E-state index contributed by atoms with van der Waals surface area (Å²) in [6.45, 7) is 11.3. The monoisotopic (exact) mass is 190 g/mol. The number of hydrogen-bond acceptors (Lipinski definition) is 3. The van der Waals surface area contributed by atoms with Gasteiger partial charge in [0.05, 0.1) is 17.8 Å². The van der Waals surface area contributed by atoms with Crippen LogP contribution >= 0.6 is 0 Å². The number of hydrogen-bond donors (Lipinski definition) is 1. The summed E-state index contributed by atoms with van der Waals surface area (Å²) in [5.41, 5.74) is -0.299. The quantitative estimate of drug-likeness (QED) is 0.545. The zero-order valence-electron chi connectivity index (χ0n) is 9.50. The van der Waals surface area contributed by atoms with Crippen LogP contribution < -0.4 is 0 Å². The van der Waals surface area contributed by atoms with Crippen LogP contribution in [0.2, 0.25) is 0 Å². The summed E-state index contributed by atoms with van der Waals surface area (Å²) in [4.78, 5) is 10.3. The molecule has 3 nitrogen and oxygen atoms in total. The fourth-order valence-corrected chi connectivity index (χ4v) is 0.700. The largest absolute Gasteiger partial charge is 0.393 e. The average molecular weight is 190 g/mol. The van der Waals surface area contributed by atoms with Gasteiger partial charge in [-0.2, -0.15) is 0 Å². The molecule has 0 spiro atoms. The molecule has 3 atom stereocenters. The van der Waals surface area contributed by atoms with Crippen LogP contribution in [0.5, 0.6) is 0 Å². The van der Waals surface area contributed by atoms with Crippen molar-refractivity contribution < 1.29 is 14.9 Å². The lowest BCUT2D eigenvalue weighted by Crippen LogP contribution is -2.31. The van der Waals surface area contributed by atoms with Gasteiger partial charge in [0.2, 0.25) is 0 Å². The van der Waals surface area contributed by atoms with E-state index < -0.39 is 0 Å². The lowest BCUT2D eigenvalue weighted by molar-refractivity contribution is -0.378. The molecule has 0 bridgehead atoms. The third-order valence-electron chi connectivity index (χ3n) is 1.95. The highest BCUT2D eigenvalue weighted by Crippen LogP contribution is 2.15. The van der Waals surface area contributed by atoms with Crippen LogP contribution in [0.3, 0.4) is 0 Å². The zero-order valence-corrected chi connectivity index (χ0v) is 9.50. The smallest absolute Gasteiger partial charge is 0.0952 e. The lowest BCUT2D eigenvalue weighted by Gasteiger charge is -2.25. The first-order valence-corrected chi connectivity index (χ1v) is 4.76. The highest BCUT2D eigenvalue weighted by molar-refractivity contribution is 4.65. The molecule has 3 unspecified atom stereocenters. The molecule has 0 saturated heterocycles. The number of aliphatic hydroxyl groups is 1. The molecule has 1 N–H and O–H groups in total. The van der Waals surface area contributed by atoms with Crippen LogP contribution in [0.25, 0.3) is 0 Å². The van der Waals surface area contributed by atoms with E-state index in [0.717, 1.165) is 0 Å². The predicted octanol–water partition coefficient (Wildman–Crippen LogP) is 2.14.